The van der Waals surface area contributed by atoms with Crippen molar-refractivity contribution < 1.29 is 80.2 Å². The molecule has 0 rings (SSSR count). The van der Waals surface area contributed by atoms with Gasteiger partial charge in [0.2, 0.25) is 0 Å². The third-order valence-corrected chi connectivity index (χ3v) is 20.7. The first-order valence-corrected chi connectivity index (χ1v) is 44.0. The smallest absolute Gasteiger partial charge is 0.462 e. The Morgan fingerprint density at radius 3 is 0.776 bits per heavy atom. The molecule has 0 spiro atoms. The zero-order valence-electron chi connectivity index (χ0n) is 64.1. The highest BCUT2D eigenvalue weighted by Crippen LogP contribution is 2.45. The molecule has 0 aliphatic rings. The van der Waals surface area contributed by atoms with E-state index in [0.29, 0.717) is 25.7 Å². The van der Waals surface area contributed by atoms with Crippen molar-refractivity contribution >= 4 is 39.5 Å². The lowest BCUT2D eigenvalue weighted by Crippen LogP contribution is -2.30. The molecule has 3 unspecified atom stereocenters. The third-order valence-electron chi connectivity index (χ3n) is 18.8. The number of phosphoric acid groups is 2. The number of hydrogen-bond acceptors (Lipinski definition) is 15. The number of aliphatic hydroxyl groups is 1. The van der Waals surface area contributed by atoms with E-state index in [2.05, 4.69) is 41.5 Å². The van der Waals surface area contributed by atoms with Crippen LogP contribution in [0.15, 0.2) is 0 Å². The number of phosphoric ester groups is 2. The molecule has 3 N–H and O–H groups in total. The van der Waals surface area contributed by atoms with E-state index in [9.17, 15) is 43.2 Å². The lowest BCUT2D eigenvalue weighted by atomic mass is 9.99. The van der Waals surface area contributed by atoms with Crippen molar-refractivity contribution in [1.29, 1.82) is 0 Å². The Bertz CT molecular complexity index is 1890. The van der Waals surface area contributed by atoms with Gasteiger partial charge >= 0.3 is 39.5 Å². The van der Waals surface area contributed by atoms with Gasteiger partial charge in [0, 0.05) is 25.7 Å². The number of esters is 4. The molecule has 0 aromatic heterocycles. The minimum atomic E-state index is -4.96. The van der Waals surface area contributed by atoms with Crippen molar-refractivity contribution in [3.8, 4) is 0 Å². The molecule has 0 aromatic carbocycles. The van der Waals surface area contributed by atoms with Gasteiger partial charge in [-0.05, 0) is 37.5 Å². The minimum Gasteiger partial charge on any atom is -0.462 e. The fraction of sp³-hybridized carbons (Fsp3) is 0.949. The van der Waals surface area contributed by atoms with Crippen molar-refractivity contribution in [1.82, 2.24) is 0 Å². The standard InChI is InChI=1S/C79H154O17P2/c1-7-10-12-14-16-18-20-21-22-23-24-27-30-33-37-44-50-56-62-77(82)90-67-74(95-78(83)63-57-51-45-38-34-31-28-25-26-29-32-35-41-47-53-59-71(4)5)69-93-97(85,86)91-65-73(80)66-92-98(87,88)94-70-75(68-89-76(81)61-55-49-43-36-19-17-15-13-11-8-2)96-79(84)64-58-52-46-40-39-42-48-54-60-72(6)9-3/h71-75,80H,7-70H2,1-6H3,(H,85,86)(H,87,88)/t72?,73-,74-,75-/m1/s1. The molecule has 0 heterocycles. The topological polar surface area (TPSA) is 237 Å². The van der Waals surface area contributed by atoms with Crippen LogP contribution in [-0.2, 0) is 65.4 Å². The molecule has 0 radical (unpaired) electrons. The maximum absolute atomic E-state index is 13.1. The third kappa shape index (κ3) is 71.1. The lowest BCUT2D eigenvalue weighted by Gasteiger charge is -2.21. The Hall–Kier alpha value is -1.94. The van der Waals surface area contributed by atoms with E-state index >= 15 is 0 Å². The average Bonchev–Trinajstić information content (AvgIpc) is 1.10. The number of rotatable bonds is 78. The number of aliphatic hydroxyl groups excluding tert-OH is 1. The van der Waals surface area contributed by atoms with Gasteiger partial charge in [-0.15, -0.1) is 0 Å². The van der Waals surface area contributed by atoms with Gasteiger partial charge in [-0.2, -0.15) is 0 Å². The summed E-state index contributed by atoms with van der Waals surface area (Å²) in [4.78, 5) is 72.9. The summed E-state index contributed by atoms with van der Waals surface area (Å²) in [5.74, 6) is -0.540. The zero-order chi connectivity index (χ0) is 72.1. The van der Waals surface area contributed by atoms with Gasteiger partial charge in [-0.1, -0.05) is 363 Å². The van der Waals surface area contributed by atoms with E-state index in [-0.39, 0.29) is 25.7 Å². The van der Waals surface area contributed by atoms with Gasteiger partial charge in [0.25, 0.3) is 0 Å². The molecule has 6 atom stereocenters. The summed E-state index contributed by atoms with van der Waals surface area (Å²) in [6, 6.07) is 0. The molecule has 17 nitrogen and oxygen atoms in total. The van der Waals surface area contributed by atoms with Gasteiger partial charge in [0.1, 0.15) is 19.3 Å². The monoisotopic (exact) mass is 1440 g/mol. The van der Waals surface area contributed by atoms with Crippen LogP contribution in [0.4, 0.5) is 0 Å². The van der Waals surface area contributed by atoms with E-state index in [0.717, 1.165) is 102 Å². The van der Waals surface area contributed by atoms with E-state index < -0.39 is 97.5 Å². The van der Waals surface area contributed by atoms with Gasteiger partial charge in [0.15, 0.2) is 12.2 Å². The molecule has 19 heteroatoms. The molecule has 0 saturated heterocycles. The van der Waals surface area contributed by atoms with Crippen LogP contribution in [-0.4, -0.2) is 96.7 Å². The van der Waals surface area contributed by atoms with E-state index in [4.69, 9.17) is 37.0 Å². The van der Waals surface area contributed by atoms with Crippen LogP contribution >= 0.6 is 15.6 Å². The number of carbonyl (C=O) groups excluding carboxylic acids is 4. The molecule has 0 amide bonds. The second kappa shape index (κ2) is 70.7. The normalized spacial score (nSPS) is 14.2. The van der Waals surface area contributed by atoms with Crippen molar-refractivity contribution in [3.05, 3.63) is 0 Å². The molecule has 582 valence electrons. The summed E-state index contributed by atoms with van der Waals surface area (Å²) >= 11 is 0. The van der Waals surface area contributed by atoms with Crippen molar-refractivity contribution in [2.45, 2.75) is 432 Å². The van der Waals surface area contributed by atoms with Crippen LogP contribution < -0.4 is 0 Å². The quantitative estimate of drug-likeness (QED) is 0.0222. The van der Waals surface area contributed by atoms with E-state index in [1.165, 1.54) is 231 Å². The summed E-state index contributed by atoms with van der Waals surface area (Å²) in [6.45, 7) is 9.63. The first kappa shape index (κ1) is 96.1. The van der Waals surface area contributed by atoms with Crippen LogP contribution in [0.25, 0.3) is 0 Å². The molecule has 98 heavy (non-hydrogen) atoms. The SMILES string of the molecule is CCCCCCCCCCCCCCCCCCCCC(=O)OC[C@H](COP(=O)(O)OC[C@@H](O)COP(=O)(O)OC[C@@H](COC(=O)CCCCCCCCCCCC)OC(=O)CCCCCCCCCCC(C)CC)OC(=O)CCCCCCCCCCCCCCCCCC(C)C. The van der Waals surface area contributed by atoms with Gasteiger partial charge in [0.05, 0.1) is 26.4 Å². The fourth-order valence-electron chi connectivity index (χ4n) is 12.2. The Morgan fingerprint density at radius 1 is 0.296 bits per heavy atom. The van der Waals surface area contributed by atoms with Crippen molar-refractivity contribution in [2.24, 2.45) is 11.8 Å². The number of carbonyl (C=O) groups is 4. The summed E-state index contributed by atoms with van der Waals surface area (Å²) < 4.78 is 68.6. The van der Waals surface area contributed by atoms with Gasteiger partial charge < -0.3 is 33.8 Å². The average molecular weight is 1440 g/mol. The highest BCUT2D eigenvalue weighted by molar-refractivity contribution is 7.47. The Balaban J connectivity index is 5.23. The molecular formula is C79H154O17P2. The first-order valence-electron chi connectivity index (χ1n) is 41.0. The van der Waals surface area contributed by atoms with Crippen molar-refractivity contribution in [3.63, 3.8) is 0 Å². The maximum Gasteiger partial charge on any atom is 0.472 e. The van der Waals surface area contributed by atoms with Crippen LogP contribution in [0.3, 0.4) is 0 Å². The second-order valence-corrected chi connectivity index (χ2v) is 32.1. The fourth-order valence-corrected chi connectivity index (χ4v) is 13.7. The summed E-state index contributed by atoms with van der Waals surface area (Å²) in [6.07, 6.45) is 59.6. The highest BCUT2D eigenvalue weighted by atomic mass is 31.2. The van der Waals surface area contributed by atoms with E-state index in [1.807, 2.05) is 0 Å². The number of hydrogen-bond donors (Lipinski definition) is 3. The lowest BCUT2D eigenvalue weighted by molar-refractivity contribution is -0.161. The second-order valence-electron chi connectivity index (χ2n) is 29.2. The van der Waals surface area contributed by atoms with Crippen LogP contribution in [0.2, 0.25) is 0 Å². The van der Waals surface area contributed by atoms with Crippen LogP contribution in [0.5, 0.6) is 0 Å². The molecule has 0 bridgehead atoms. The zero-order valence-corrected chi connectivity index (χ0v) is 65.9. The summed E-state index contributed by atoms with van der Waals surface area (Å²) in [7, 11) is -9.91. The molecule has 0 saturated carbocycles. The van der Waals surface area contributed by atoms with Gasteiger partial charge in [-0.3, -0.25) is 37.3 Å². The Morgan fingerprint density at radius 2 is 0.520 bits per heavy atom. The maximum atomic E-state index is 13.1. The highest BCUT2D eigenvalue weighted by Gasteiger charge is 2.30. The molecule has 0 aliphatic heterocycles. The van der Waals surface area contributed by atoms with Crippen molar-refractivity contribution in [2.75, 3.05) is 39.6 Å². The Kier molecular flexibility index (Phi) is 69.3. The molecule has 0 aromatic rings. The molecule has 0 aliphatic carbocycles. The van der Waals surface area contributed by atoms with E-state index in [1.54, 1.807) is 0 Å². The molecular weight excluding hydrogens is 1280 g/mol. The largest absolute Gasteiger partial charge is 0.472 e. The minimum absolute atomic E-state index is 0.105. The number of ether oxygens (including phenoxy) is 4. The summed E-state index contributed by atoms with van der Waals surface area (Å²) in [5.41, 5.74) is 0. The van der Waals surface area contributed by atoms with Crippen LogP contribution in [0.1, 0.15) is 414 Å². The number of unbranched alkanes of at least 4 members (excludes halogenated alkanes) is 47. The molecule has 0 fully saturated rings. The van der Waals surface area contributed by atoms with Gasteiger partial charge in [-0.25, -0.2) is 9.13 Å². The van der Waals surface area contributed by atoms with Crippen LogP contribution in [0, 0.1) is 11.8 Å². The predicted molar refractivity (Wildman–Crippen MR) is 400 cm³/mol. The Labute approximate surface area is 600 Å². The predicted octanol–water partition coefficient (Wildman–Crippen LogP) is 23.5. The summed E-state index contributed by atoms with van der Waals surface area (Å²) in [5, 5.41) is 10.6. The first-order chi connectivity index (χ1) is 47.4.